The van der Waals surface area contributed by atoms with Crippen LogP contribution in [0.1, 0.15) is 37.0 Å². The van der Waals surface area contributed by atoms with Gasteiger partial charge in [-0.3, -0.25) is 19.4 Å². The molecule has 0 saturated carbocycles. The molecule has 0 fully saturated rings. The van der Waals surface area contributed by atoms with Crippen LogP contribution in [0.3, 0.4) is 0 Å². The number of hydrogen-bond acceptors (Lipinski definition) is 5. The Morgan fingerprint density at radius 2 is 1.31 bits per heavy atom. The van der Waals surface area contributed by atoms with Gasteiger partial charge in [0.2, 0.25) is 17.7 Å². The first-order valence-corrected chi connectivity index (χ1v) is 16.8. The van der Waals surface area contributed by atoms with E-state index in [1.54, 1.807) is 26.5 Å². The van der Waals surface area contributed by atoms with Crippen molar-refractivity contribution in [1.29, 1.82) is 0 Å². The summed E-state index contributed by atoms with van der Waals surface area (Å²) in [7, 11) is 5.20. The Morgan fingerprint density at radius 1 is 0.735 bits per heavy atom. The van der Waals surface area contributed by atoms with Crippen LogP contribution in [0.5, 0.6) is 0 Å². The first-order valence-electron chi connectivity index (χ1n) is 16.8. The van der Waals surface area contributed by atoms with E-state index in [1.165, 1.54) is 15.9 Å². The van der Waals surface area contributed by atoms with Gasteiger partial charge >= 0.3 is 0 Å². The normalized spacial score (nSPS) is 12.7. The molecule has 0 radical (unpaired) electrons. The van der Waals surface area contributed by atoms with Gasteiger partial charge in [-0.2, -0.15) is 0 Å². The van der Waals surface area contributed by atoms with Gasteiger partial charge in [0.15, 0.2) is 0 Å². The number of carbonyl (C=O) groups is 3. The van der Waals surface area contributed by atoms with E-state index in [-0.39, 0.29) is 29.7 Å². The smallest absolute Gasteiger partial charge is 0.246 e. The zero-order valence-corrected chi connectivity index (χ0v) is 29.3. The van der Waals surface area contributed by atoms with Crippen LogP contribution in [0.4, 0.5) is 0 Å². The van der Waals surface area contributed by atoms with Crippen LogP contribution >= 0.6 is 0 Å². The minimum absolute atomic E-state index is 0.180. The van der Waals surface area contributed by atoms with Gasteiger partial charge in [0.1, 0.15) is 12.1 Å². The highest BCUT2D eigenvalue weighted by atomic mass is 16.2. The maximum atomic E-state index is 14.5. The molecule has 8 heteroatoms. The summed E-state index contributed by atoms with van der Waals surface area (Å²) in [6.07, 6.45) is 8.73. The molecular formula is C41H49N5O3. The van der Waals surface area contributed by atoms with Gasteiger partial charge in [0, 0.05) is 51.4 Å². The molecule has 0 aliphatic rings. The fraction of sp³-hybridized carbons (Fsp3) is 0.317. The van der Waals surface area contributed by atoms with Crippen LogP contribution in [-0.4, -0.2) is 77.8 Å². The second-order valence-corrected chi connectivity index (χ2v) is 13.0. The van der Waals surface area contributed by atoms with Crippen LogP contribution in [0.15, 0.2) is 122 Å². The quantitative estimate of drug-likeness (QED) is 0.155. The zero-order chi connectivity index (χ0) is 35.2. The van der Waals surface area contributed by atoms with Crippen molar-refractivity contribution in [2.75, 3.05) is 27.7 Å². The maximum Gasteiger partial charge on any atom is 0.246 e. The molecule has 1 heterocycles. The van der Waals surface area contributed by atoms with Crippen LogP contribution in [0.25, 0.3) is 11.1 Å². The van der Waals surface area contributed by atoms with Crippen molar-refractivity contribution >= 4 is 17.7 Å². The van der Waals surface area contributed by atoms with Crippen molar-refractivity contribution < 1.29 is 14.4 Å². The Kier molecular flexibility index (Phi) is 13.4. The van der Waals surface area contributed by atoms with Gasteiger partial charge in [0.25, 0.3) is 0 Å². The Morgan fingerprint density at radius 3 is 1.94 bits per heavy atom. The van der Waals surface area contributed by atoms with Gasteiger partial charge in [0.05, 0.1) is 0 Å². The largest absolute Gasteiger partial charge is 0.354 e. The molecule has 2 atom stereocenters. The topological polar surface area (TPSA) is 94.6 Å². The third kappa shape index (κ3) is 11.0. The van der Waals surface area contributed by atoms with E-state index >= 15 is 0 Å². The van der Waals surface area contributed by atoms with Crippen molar-refractivity contribution in [2.24, 2.45) is 0 Å². The van der Waals surface area contributed by atoms with Crippen molar-refractivity contribution in [1.82, 2.24) is 25.4 Å². The Balaban J connectivity index is 1.59. The van der Waals surface area contributed by atoms with Gasteiger partial charge in [-0.05, 0) is 79.8 Å². The van der Waals surface area contributed by atoms with Gasteiger partial charge in [-0.1, -0.05) is 91.0 Å². The van der Waals surface area contributed by atoms with Gasteiger partial charge in [-0.15, -0.1) is 0 Å². The zero-order valence-electron chi connectivity index (χ0n) is 29.3. The number of rotatable bonds is 16. The lowest BCUT2D eigenvalue weighted by atomic mass is 9.98. The fourth-order valence-electron chi connectivity index (χ4n) is 5.53. The van der Waals surface area contributed by atoms with Crippen LogP contribution in [0, 0.1) is 0 Å². The Bertz CT molecular complexity index is 1660. The highest BCUT2D eigenvalue weighted by molar-refractivity contribution is 5.95. The molecule has 49 heavy (non-hydrogen) atoms. The van der Waals surface area contributed by atoms with Gasteiger partial charge in [-0.25, -0.2) is 0 Å². The van der Waals surface area contributed by atoms with Crippen LogP contribution < -0.4 is 10.6 Å². The van der Waals surface area contributed by atoms with Crippen molar-refractivity contribution in [3.8, 4) is 11.1 Å². The summed E-state index contributed by atoms with van der Waals surface area (Å²) in [5.74, 6) is -0.832. The molecule has 4 rings (SSSR count). The first-order chi connectivity index (χ1) is 23.6. The molecule has 1 aromatic heterocycles. The summed E-state index contributed by atoms with van der Waals surface area (Å²) in [6.45, 7) is 4.53. The number of hydrogen-bond donors (Lipinski definition) is 2. The highest BCUT2D eigenvalue weighted by Gasteiger charge is 2.34. The molecule has 0 aliphatic heterocycles. The molecule has 0 aliphatic carbocycles. The number of amides is 3. The second-order valence-electron chi connectivity index (χ2n) is 13.0. The predicted molar refractivity (Wildman–Crippen MR) is 197 cm³/mol. The monoisotopic (exact) mass is 659 g/mol. The molecule has 2 N–H and O–H groups in total. The predicted octanol–water partition coefficient (Wildman–Crippen LogP) is 5.49. The van der Waals surface area contributed by atoms with Crippen LogP contribution in [0.2, 0.25) is 0 Å². The molecule has 2 unspecified atom stereocenters. The number of carbonyl (C=O) groups excluding carboxylic acids is 3. The highest BCUT2D eigenvalue weighted by Crippen LogP contribution is 2.22. The maximum absolute atomic E-state index is 14.5. The second kappa shape index (κ2) is 17.9. The molecular weight excluding hydrogens is 610 g/mol. The summed E-state index contributed by atoms with van der Waals surface area (Å²) < 4.78 is 0. The molecule has 0 spiro atoms. The summed E-state index contributed by atoms with van der Waals surface area (Å²) in [5, 5.41) is 6.28. The van der Waals surface area contributed by atoms with Crippen LogP contribution in [-0.2, 0) is 33.6 Å². The molecule has 4 aromatic rings. The number of benzene rings is 3. The Labute approximate surface area is 291 Å². The lowest BCUT2D eigenvalue weighted by Gasteiger charge is -2.34. The molecule has 3 aromatic carbocycles. The summed E-state index contributed by atoms with van der Waals surface area (Å²) >= 11 is 0. The van der Waals surface area contributed by atoms with E-state index in [2.05, 4.69) is 41.6 Å². The Hall–Kier alpha value is -5.08. The number of nitrogens with one attached hydrogen (secondary N) is 2. The number of aromatic nitrogens is 1. The van der Waals surface area contributed by atoms with E-state index in [0.29, 0.717) is 25.8 Å². The molecule has 256 valence electrons. The SMILES string of the molecule is CNC(C)(C)C/C=C/C(=O)N(C)C(Cc1ccc(-c2ccccc2)cc1)C(=O)N(C)C(Cc1ccccc1)C(=O)NCCc1ccncc1. The number of nitrogens with zero attached hydrogens (tertiary/aromatic N) is 3. The molecule has 3 amide bonds. The molecule has 8 nitrogen and oxygen atoms in total. The lowest BCUT2D eigenvalue weighted by molar-refractivity contribution is -0.146. The average Bonchev–Trinajstić information content (AvgIpc) is 3.13. The minimum atomic E-state index is -0.843. The summed E-state index contributed by atoms with van der Waals surface area (Å²) in [5.41, 5.74) is 4.89. The van der Waals surface area contributed by atoms with E-state index < -0.39 is 12.1 Å². The minimum Gasteiger partial charge on any atom is -0.354 e. The van der Waals surface area contributed by atoms with Crippen molar-refractivity contribution in [2.45, 2.75) is 57.2 Å². The number of likely N-dealkylation sites (N-methyl/N-ethyl adjacent to an activating group) is 2. The number of pyridine rings is 1. The van der Waals surface area contributed by atoms with E-state index in [9.17, 15) is 14.4 Å². The van der Waals surface area contributed by atoms with Gasteiger partial charge < -0.3 is 20.4 Å². The summed E-state index contributed by atoms with van der Waals surface area (Å²) in [4.78, 5) is 48.9. The van der Waals surface area contributed by atoms with E-state index in [0.717, 1.165) is 27.8 Å². The average molecular weight is 660 g/mol. The molecule has 0 bridgehead atoms. The van der Waals surface area contributed by atoms with Crippen molar-refractivity contribution in [3.63, 3.8) is 0 Å². The first kappa shape index (κ1) is 36.8. The standard InChI is InChI=1S/C41H49N5O3/c1-41(2,42-3)25-12-17-38(47)45(4)37(30-33-18-20-35(21-19-33)34-15-10-7-11-16-34)40(49)46(5)36(29-32-13-8-6-9-14-32)39(48)44-28-24-31-22-26-43-27-23-31/h6-23,26-27,36-37,42H,24-25,28-30H2,1-5H3,(H,44,48)/b17-12+. The molecule has 0 saturated heterocycles. The third-order valence-electron chi connectivity index (χ3n) is 9.01. The lowest BCUT2D eigenvalue weighted by Crippen LogP contribution is -2.56. The van der Waals surface area contributed by atoms with Crippen molar-refractivity contribution in [3.05, 3.63) is 138 Å². The third-order valence-corrected chi connectivity index (χ3v) is 9.01. The summed E-state index contributed by atoms with van der Waals surface area (Å²) in [6, 6.07) is 30.0. The fourth-order valence-corrected chi connectivity index (χ4v) is 5.53. The van der Waals surface area contributed by atoms with E-state index in [4.69, 9.17) is 0 Å². The van der Waals surface area contributed by atoms with E-state index in [1.807, 2.05) is 98.1 Å².